The third-order valence-corrected chi connectivity index (χ3v) is 3.52. The highest BCUT2D eigenvalue weighted by Crippen LogP contribution is 2.22. The fourth-order valence-corrected chi connectivity index (χ4v) is 2.32. The molecule has 0 amide bonds. The van der Waals surface area contributed by atoms with E-state index in [1.807, 2.05) is 6.07 Å². The van der Waals surface area contributed by atoms with Crippen molar-refractivity contribution in [1.82, 2.24) is 10.2 Å². The molecule has 2 rings (SSSR count). The zero-order valence-corrected chi connectivity index (χ0v) is 10.4. The van der Waals surface area contributed by atoms with Gasteiger partial charge in [-0.1, -0.05) is 36.9 Å². The van der Waals surface area contributed by atoms with Gasteiger partial charge in [-0.3, -0.25) is 4.90 Å². The van der Waals surface area contributed by atoms with Crippen LogP contribution in [0.4, 0.5) is 0 Å². The summed E-state index contributed by atoms with van der Waals surface area (Å²) in [5, 5.41) is 3.40. The van der Waals surface area contributed by atoms with E-state index < -0.39 is 0 Å². The van der Waals surface area contributed by atoms with Crippen LogP contribution in [0.25, 0.3) is 0 Å². The predicted octanol–water partition coefficient (Wildman–Crippen LogP) is 1.67. The summed E-state index contributed by atoms with van der Waals surface area (Å²) in [5.41, 5.74) is 8.32. The van der Waals surface area contributed by atoms with Crippen LogP contribution >= 0.6 is 0 Å². The van der Waals surface area contributed by atoms with Crippen LogP contribution in [-0.2, 0) is 6.54 Å². The fraction of sp³-hybridized carbons (Fsp3) is 0.429. The number of rotatable bonds is 4. The molecule has 1 saturated heterocycles. The molecular weight excluding hydrogens is 210 g/mol. The Balaban J connectivity index is 1.86. The van der Waals surface area contributed by atoms with Crippen LogP contribution in [0, 0.1) is 0 Å². The molecule has 0 saturated carbocycles. The largest absolute Gasteiger partial charge is 0.383 e. The summed E-state index contributed by atoms with van der Waals surface area (Å²) in [5.74, 6) is 0. The summed E-state index contributed by atoms with van der Waals surface area (Å²) in [6, 6.07) is 10.7. The third kappa shape index (κ3) is 2.87. The molecule has 0 aromatic heterocycles. The first-order valence-corrected chi connectivity index (χ1v) is 6.12. The molecule has 0 spiro atoms. The highest BCUT2D eigenvalue weighted by Gasteiger charge is 2.29. The van der Waals surface area contributed by atoms with Crippen molar-refractivity contribution < 1.29 is 0 Å². The maximum Gasteiger partial charge on any atom is 0.0575 e. The molecule has 1 aliphatic rings. The van der Waals surface area contributed by atoms with Gasteiger partial charge < -0.3 is 11.1 Å². The van der Waals surface area contributed by atoms with E-state index in [-0.39, 0.29) is 6.17 Å². The molecule has 1 aliphatic heterocycles. The van der Waals surface area contributed by atoms with Gasteiger partial charge in [-0.15, -0.1) is 0 Å². The molecule has 17 heavy (non-hydrogen) atoms. The van der Waals surface area contributed by atoms with Crippen LogP contribution in [0.15, 0.2) is 42.6 Å². The lowest BCUT2D eigenvalue weighted by molar-refractivity contribution is 0.262. The highest BCUT2D eigenvalue weighted by atomic mass is 15.3. The van der Waals surface area contributed by atoms with Gasteiger partial charge in [0.2, 0.25) is 0 Å². The predicted molar refractivity (Wildman–Crippen MR) is 71.2 cm³/mol. The van der Waals surface area contributed by atoms with Crippen LogP contribution in [0.2, 0.25) is 0 Å². The molecule has 0 aliphatic carbocycles. The summed E-state index contributed by atoms with van der Waals surface area (Å²) in [6.45, 7) is 4.96. The van der Waals surface area contributed by atoms with E-state index in [2.05, 4.69) is 48.1 Å². The molecular formula is C14H21N3. The first-order valence-electron chi connectivity index (χ1n) is 6.12. The SMILES string of the molecule is C=C(NCc1ccccc1)C1CCC(N)N1C. The van der Waals surface area contributed by atoms with Gasteiger partial charge in [0.05, 0.1) is 12.2 Å². The van der Waals surface area contributed by atoms with Crippen LogP contribution in [0.5, 0.6) is 0 Å². The lowest BCUT2D eigenvalue weighted by atomic mass is 10.1. The molecule has 3 N–H and O–H groups in total. The van der Waals surface area contributed by atoms with E-state index >= 15 is 0 Å². The van der Waals surface area contributed by atoms with Crippen LogP contribution in [0.1, 0.15) is 18.4 Å². The molecule has 0 bridgehead atoms. The molecule has 1 heterocycles. The van der Waals surface area contributed by atoms with E-state index in [0.717, 1.165) is 25.1 Å². The number of benzene rings is 1. The minimum Gasteiger partial charge on any atom is -0.383 e. The first-order chi connectivity index (χ1) is 8.18. The smallest absolute Gasteiger partial charge is 0.0575 e. The quantitative estimate of drug-likeness (QED) is 0.828. The fourth-order valence-electron chi connectivity index (χ4n) is 2.32. The molecule has 1 aromatic rings. The van der Waals surface area contributed by atoms with E-state index in [9.17, 15) is 0 Å². The van der Waals surface area contributed by atoms with E-state index in [1.54, 1.807) is 0 Å². The molecule has 2 atom stereocenters. The van der Waals surface area contributed by atoms with Gasteiger partial charge in [-0.25, -0.2) is 0 Å². The van der Waals surface area contributed by atoms with Crippen LogP contribution in [-0.4, -0.2) is 24.2 Å². The molecule has 0 radical (unpaired) electrons. The second-order valence-corrected chi connectivity index (χ2v) is 4.69. The van der Waals surface area contributed by atoms with Gasteiger partial charge in [0, 0.05) is 12.2 Å². The Kier molecular flexibility index (Phi) is 3.82. The Labute approximate surface area is 103 Å². The highest BCUT2D eigenvalue weighted by molar-refractivity contribution is 5.16. The van der Waals surface area contributed by atoms with Gasteiger partial charge in [-0.2, -0.15) is 0 Å². The summed E-state index contributed by atoms with van der Waals surface area (Å²) >= 11 is 0. The van der Waals surface area contributed by atoms with Gasteiger partial charge in [0.15, 0.2) is 0 Å². The summed E-state index contributed by atoms with van der Waals surface area (Å²) in [4.78, 5) is 2.19. The van der Waals surface area contributed by atoms with Crippen molar-refractivity contribution >= 4 is 0 Å². The summed E-state index contributed by atoms with van der Waals surface area (Å²) in [7, 11) is 2.07. The van der Waals surface area contributed by atoms with Crippen molar-refractivity contribution in [2.75, 3.05) is 7.05 Å². The van der Waals surface area contributed by atoms with Crippen LogP contribution < -0.4 is 11.1 Å². The maximum absolute atomic E-state index is 5.97. The van der Waals surface area contributed by atoms with Crippen molar-refractivity contribution in [2.45, 2.75) is 31.6 Å². The number of hydrogen-bond acceptors (Lipinski definition) is 3. The van der Waals surface area contributed by atoms with Gasteiger partial charge in [-0.05, 0) is 25.5 Å². The lowest BCUT2D eigenvalue weighted by Gasteiger charge is -2.25. The molecule has 92 valence electrons. The monoisotopic (exact) mass is 231 g/mol. The second-order valence-electron chi connectivity index (χ2n) is 4.69. The van der Waals surface area contributed by atoms with Crippen molar-refractivity contribution in [2.24, 2.45) is 5.73 Å². The number of likely N-dealkylation sites (N-methyl/N-ethyl adjacent to an activating group) is 1. The lowest BCUT2D eigenvalue weighted by Crippen LogP contribution is -2.40. The van der Waals surface area contributed by atoms with E-state index in [4.69, 9.17) is 5.73 Å². The van der Waals surface area contributed by atoms with Crippen molar-refractivity contribution in [3.05, 3.63) is 48.2 Å². The molecule has 3 nitrogen and oxygen atoms in total. The Bertz CT molecular complexity index is 374. The zero-order chi connectivity index (χ0) is 12.3. The second kappa shape index (κ2) is 5.34. The minimum atomic E-state index is 0.176. The van der Waals surface area contributed by atoms with Gasteiger partial charge in [0.25, 0.3) is 0 Å². The average Bonchev–Trinajstić information content (AvgIpc) is 2.69. The summed E-state index contributed by atoms with van der Waals surface area (Å²) < 4.78 is 0. The first kappa shape index (κ1) is 12.1. The van der Waals surface area contributed by atoms with Crippen molar-refractivity contribution in [1.29, 1.82) is 0 Å². The van der Waals surface area contributed by atoms with Crippen molar-refractivity contribution in [3.8, 4) is 0 Å². The summed E-state index contributed by atoms with van der Waals surface area (Å²) in [6.07, 6.45) is 2.32. The van der Waals surface area contributed by atoms with Crippen LogP contribution in [0.3, 0.4) is 0 Å². The maximum atomic E-state index is 5.97. The Morgan fingerprint density at radius 3 is 2.71 bits per heavy atom. The number of likely N-dealkylation sites (tertiary alicyclic amines) is 1. The average molecular weight is 231 g/mol. The number of nitrogens with two attached hydrogens (primary N) is 1. The Hall–Kier alpha value is -1.32. The van der Waals surface area contributed by atoms with E-state index in [0.29, 0.717) is 6.04 Å². The molecule has 3 heteroatoms. The van der Waals surface area contributed by atoms with E-state index in [1.165, 1.54) is 5.56 Å². The number of hydrogen-bond donors (Lipinski definition) is 2. The van der Waals surface area contributed by atoms with Gasteiger partial charge >= 0.3 is 0 Å². The topological polar surface area (TPSA) is 41.3 Å². The third-order valence-electron chi connectivity index (χ3n) is 3.52. The molecule has 2 unspecified atom stereocenters. The molecule has 1 aromatic carbocycles. The zero-order valence-electron chi connectivity index (χ0n) is 10.4. The standard InChI is InChI=1S/C14H21N3/c1-11(13-8-9-14(15)17(13)2)16-10-12-6-4-3-5-7-12/h3-7,13-14,16H,1,8-10,15H2,2H3. The van der Waals surface area contributed by atoms with Gasteiger partial charge in [0.1, 0.15) is 0 Å². The minimum absolute atomic E-state index is 0.176. The Morgan fingerprint density at radius 2 is 2.12 bits per heavy atom. The Morgan fingerprint density at radius 1 is 1.41 bits per heavy atom. The number of nitrogens with one attached hydrogen (secondary N) is 1. The number of nitrogens with zero attached hydrogens (tertiary/aromatic N) is 1. The molecule has 1 fully saturated rings. The van der Waals surface area contributed by atoms with Crippen molar-refractivity contribution in [3.63, 3.8) is 0 Å². The normalized spacial score (nSPS) is 24.8.